The summed E-state index contributed by atoms with van der Waals surface area (Å²) in [4.78, 5) is 11.9. The van der Waals surface area contributed by atoms with Crippen LogP contribution < -0.4 is 5.73 Å². The fourth-order valence-corrected chi connectivity index (χ4v) is 2.20. The molecule has 2 rings (SSSR count). The van der Waals surface area contributed by atoms with Gasteiger partial charge in [-0.05, 0) is 30.3 Å². The fraction of sp³-hybridized carbons (Fsp3) is 0.0714. The highest BCUT2D eigenvalue weighted by atomic mass is 79.9. The molecule has 0 aliphatic carbocycles. The summed E-state index contributed by atoms with van der Waals surface area (Å²) in [5.74, 6) is -0.952. The van der Waals surface area contributed by atoms with Crippen LogP contribution in [0.4, 0.5) is 10.1 Å². The second-order valence-electron chi connectivity index (χ2n) is 4.04. The Morgan fingerprint density at radius 3 is 2.75 bits per heavy atom. The molecule has 0 atom stereocenters. The summed E-state index contributed by atoms with van der Waals surface area (Å²) < 4.78 is 18.6. The lowest BCUT2D eigenvalue weighted by Gasteiger charge is -2.08. The first-order chi connectivity index (χ1) is 9.47. The summed E-state index contributed by atoms with van der Waals surface area (Å²) in [5, 5.41) is 0.397. The zero-order valence-corrected chi connectivity index (χ0v) is 12.5. The van der Waals surface area contributed by atoms with E-state index in [-0.39, 0.29) is 23.7 Å². The van der Waals surface area contributed by atoms with Gasteiger partial charge in [-0.25, -0.2) is 9.18 Å². The molecular weight excluding hydrogens is 349 g/mol. The predicted molar refractivity (Wildman–Crippen MR) is 79.1 cm³/mol. The quantitative estimate of drug-likeness (QED) is 0.661. The molecule has 0 aliphatic heterocycles. The highest BCUT2D eigenvalue weighted by Gasteiger charge is 2.13. The third-order valence-corrected chi connectivity index (χ3v) is 3.58. The Labute approximate surface area is 128 Å². The molecule has 20 heavy (non-hydrogen) atoms. The smallest absolute Gasteiger partial charge is 0.340 e. The Bertz CT molecular complexity index is 664. The predicted octanol–water partition coefficient (Wildman–Crippen LogP) is 4.18. The molecule has 0 spiro atoms. The maximum atomic E-state index is 12.9. The SMILES string of the molecule is Nc1ccc(Cl)cc1C(=O)OCc1ccc(F)cc1Br. The van der Waals surface area contributed by atoms with Crippen molar-refractivity contribution in [3.8, 4) is 0 Å². The highest BCUT2D eigenvalue weighted by Crippen LogP contribution is 2.22. The fourth-order valence-electron chi connectivity index (χ4n) is 1.57. The van der Waals surface area contributed by atoms with Crippen molar-refractivity contribution in [1.82, 2.24) is 0 Å². The molecule has 0 heterocycles. The van der Waals surface area contributed by atoms with Crippen molar-refractivity contribution in [1.29, 1.82) is 0 Å². The average Bonchev–Trinajstić information content (AvgIpc) is 2.40. The van der Waals surface area contributed by atoms with Gasteiger partial charge in [-0.15, -0.1) is 0 Å². The van der Waals surface area contributed by atoms with Gasteiger partial charge in [-0.2, -0.15) is 0 Å². The maximum Gasteiger partial charge on any atom is 0.340 e. The van der Waals surface area contributed by atoms with Gasteiger partial charge in [-0.1, -0.05) is 33.6 Å². The third-order valence-electron chi connectivity index (χ3n) is 2.61. The Morgan fingerprint density at radius 1 is 1.30 bits per heavy atom. The molecule has 2 aromatic carbocycles. The van der Waals surface area contributed by atoms with Gasteiger partial charge in [0, 0.05) is 20.7 Å². The molecule has 0 radical (unpaired) electrons. The number of anilines is 1. The standard InChI is InChI=1S/C14H10BrClFNO2/c15-12-6-10(17)3-1-8(12)7-20-14(19)11-5-9(16)2-4-13(11)18/h1-6H,7,18H2. The van der Waals surface area contributed by atoms with Crippen LogP contribution in [0.15, 0.2) is 40.9 Å². The van der Waals surface area contributed by atoms with Crippen LogP contribution in [0, 0.1) is 5.82 Å². The second kappa shape index (κ2) is 6.24. The van der Waals surface area contributed by atoms with Gasteiger partial charge in [0.2, 0.25) is 0 Å². The minimum absolute atomic E-state index is 0.00561. The van der Waals surface area contributed by atoms with E-state index in [4.69, 9.17) is 22.1 Å². The number of benzene rings is 2. The molecule has 6 heteroatoms. The molecule has 104 valence electrons. The summed E-state index contributed by atoms with van der Waals surface area (Å²) in [6.07, 6.45) is 0. The van der Waals surface area contributed by atoms with E-state index in [9.17, 15) is 9.18 Å². The van der Waals surface area contributed by atoms with Crippen LogP contribution in [0.3, 0.4) is 0 Å². The highest BCUT2D eigenvalue weighted by molar-refractivity contribution is 9.10. The van der Waals surface area contributed by atoms with E-state index in [1.807, 2.05) is 0 Å². The van der Waals surface area contributed by atoms with Crippen LogP contribution in [0.5, 0.6) is 0 Å². The minimum atomic E-state index is -0.582. The number of halogens is 3. The zero-order chi connectivity index (χ0) is 14.7. The van der Waals surface area contributed by atoms with Crippen LogP contribution in [0.2, 0.25) is 5.02 Å². The van der Waals surface area contributed by atoms with Crippen LogP contribution >= 0.6 is 27.5 Å². The van der Waals surface area contributed by atoms with Crippen LogP contribution in [0.25, 0.3) is 0 Å². The van der Waals surface area contributed by atoms with Gasteiger partial charge in [0.25, 0.3) is 0 Å². The topological polar surface area (TPSA) is 52.3 Å². The van der Waals surface area contributed by atoms with Gasteiger partial charge >= 0.3 is 5.97 Å². The average molecular weight is 359 g/mol. The summed E-state index contributed by atoms with van der Waals surface area (Å²) in [5.41, 5.74) is 6.84. The molecule has 2 aromatic rings. The van der Waals surface area contributed by atoms with Crippen LogP contribution in [0.1, 0.15) is 15.9 Å². The van der Waals surface area contributed by atoms with Crippen molar-refractivity contribution >= 4 is 39.2 Å². The van der Waals surface area contributed by atoms with Gasteiger partial charge < -0.3 is 10.5 Å². The molecular formula is C14H10BrClFNO2. The first-order valence-electron chi connectivity index (χ1n) is 5.63. The monoisotopic (exact) mass is 357 g/mol. The van der Waals surface area contributed by atoms with Crippen molar-refractivity contribution in [2.24, 2.45) is 0 Å². The van der Waals surface area contributed by atoms with E-state index in [1.54, 1.807) is 6.07 Å². The lowest BCUT2D eigenvalue weighted by Crippen LogP contribution is -2.08. The van der Waals surface area contributed by atoms with Crippen molar-refractivity contribution < 1.29 is 13.9 Å². The van der Waals surface area contributed by atoms with Crippen LogP contribution in [-0.2, 0) is 11.3 Å². The Balaban J connectivity index is 2.10. The number of nitrogens with two attached hydrogens (primary N) is 1. The van der Waals surface area contributed by atoms with Gasteiger partial charge in [0.1, 0.15) is 12.4 Å². The van der Waals surface area contributed by atoms with Gasteiger partial charge in [-0.3, -0.25) is 0 Å². The molecule has 0 saturated carbocycles. The molecule has 2 N–H and O–H groups in total. The first kappa shape index (κ1) is 14.8. The molecule has 0 saturated heterocycles. The van der Waals surface area contributed by atoms with Crippen molar-refractivity contribution in [3.63, 3.8) is 0 Å². The zero-order valence-electron chi connectivity index (χ0n) is 10.2. The van der Waals surface area contributed by atoms with Crippen LogP contribution in [-0.4, -0.2) is 5.97 Å². The summed E-state index contributed by atoms with van der Waals surface area (Å²) in [6, 6.07) is 8.70. The molecule has 0 fully saturated rings. The normalized spacial score (nSPS) is 10.3. The number of ether oxygens (including phenoxy) is 1. The summed E-state index contributed by atoms with van der Waals surface area (Å²) in [7, 11) is 0. The summed E-state index contributed by atoms with van der Waals surface area (Å²) >= 11 is 9.01. The Kier molecular flexibility index (Phi) is 4.62. The lowest BCUT2D eigenvalue weighted by molar-refractivity contribution is 0.0473. The molecule has 0 aromatic heterocycles. The van der Waals surface area contributed by atoms with Gasteiger partial charge in [0.15, 0.2) is 0 Å². The van der Waals surface area contributed by atoms with Crippen molar-refractivity contribution in [2.45, 2.75) is 6.61 Å². The number of carbonyl (C=O) groups excluding carboxylic acids is 1. The first-order valence-corrected chi connectivity index (χ1v) is 6.80. The van der Waals surface area contributed by atoms with Crippen molar-refractivity contribution in [3.05, 3.63) is 62.8 Å². The number of hydrogen-bond acceptors (Lipinski definition) is 3. The summed E-state index contributed by atoms with van der Waals surface area (Å²) in [6.45, 7) is 0.00561. The lowest BCUT2D eigenvalue weighted by atomic mass is 10.2. The molecule has 0 aliphatic rings. The Morgan fingerprint density at radius 2 is 2.05 bits per heavy atom. The third kappa shape index (κ3) is 3.49. The molecule has 3 nitrogen and oxygen atoms in total. The molecule has 0 bridgehead atoms. The second-order valence-corrected chi connectivity index (χ2v) is 5.33. The number of hydrogen-bond donors (Lipinski definition) is 1. The minimum Gasteiger partial charge on any atom is -0.457 e. The van der Waals surface area contributed by atoms with Crippen molar-refractivity contribution in [2.75, 3.05) is 5.73 Å². The molecule has 0 amide bonds. The van der Waals surface area contributed by atoms with E-state index in [1.165, 1.54) is 30.3 Å². The maximum absolute atomic E-state index is 12.9. The molecule has 0 unspecified atom stereocenters. The van der Waals surface area contributed by atoms with E-state index in [0.29, 0.717) is 15.1 Å². The van der Waals surface area contributed by atoms with E-state index < -0.39 is 5.97 Å². The number of nitrogen functional groups attached to an aromatic ring is 1. The largest absolute Gasteiger partial charge is 0.457 e. The number of rotatable bonds is 3. The van der Waals surface area contributed by atoms with E-state index >= 15 is 0 Å². The number of esters is 1. The van der Waals surface area contributed by atoms with Gasteiger partial charge in [0.05, 0.1) is 5.56 Å². The van der Waals surface area contributed by atoms with E-state index in [2.05, 4.69) is 15.9 Å². The Hall–Kier alpha value is -1.59. The number of carbonyl (C=O) groups is 1. The van der Waals surface area contributed by atoms with E-state index in [0.717, 1.165) is 0 Å².